The third kappa shape index (κ3) is 6.41. The molecule has 4 aromatic heterocycles. The van der Waals surface area contributed by atoms with Gasteiger partial charge in [-0.25, -0.2) is 18.9 Å². The van der Waals surface area contributed by atoms with E-state index < -0.39 is 5.34 Å². The van der Waals surface area contributed by atoms with Gasteiger partial charge in [-0.15, -0.1) is 0 Å². The van der Waals surface area contributed by atoms with Crippen LogP contribution >= 0.6 is 0 Å². The van der Waals surface area contributed by atoms with Gasteiger partial charge in [0.2, 0.25) is 0 Å². The summed E-state index contributed by atoms with van der Waals surface area (Å²) in [5, 5.41) is 7.99. The predicted octanol–water partition coefficient (Wildman–Crippen LogP) is 3.63. The number of halogens is 1. The summed E-state index contributed by atoms with van der Waals surface area (Å²) in [4.78, 5) is 21.2. The number of aldehydes is 1. The first-order chi connectivity index (χ1) is 18.3. The van der Waals surface area contributed by atoms with E-state index in [9.17, 15) is 9.18 Å². The number of hydrogen-bond acceptors (Lipinski definition) is 6. The van der Waals surface area contributed by atoms with Crippen LogP contribution < -0.4 is 0 Å². The molecule has 0 fully saturated rings. The van der Waals surface area contributed by atoms with Gasteiger partial charge in [-0.05, 0) is 75.5 Å². The fourth-order valence-corrected chi connectivity index (χ4v) is 3.73. The number of rotatable bonds is 8. The normalized spacial score (nSPS) is 11.4. The highest BCUT2D eigenvalue weighted by atomic mass is 19.1. The molecule has 0 atom stereocenters. The molecule has 8 nitrogen and oxygen atoms in total. The summed E-state index contributed by atoms with van der Waals surface area (Å²) in [5.74, 6) is 0.211. The molecule has 4 radical (unpaired) electrons. The second-order valence-electron chi connectivity index (χ2n) is 8.94. The summed E-state index contributed by atoms with van der Waals surface area (Å²) in [5.41, 5.74) is 3.50. The Labute approximate surface area is 223 Å². The Hall–Kier alpha value is -4.11. The predicted molar refractivity (Wildman–Crippen MR) is 146 cm³/mol. The number of aromatic nitrogens is 6. The summed E-state index contributed by atoms with van der Waals surface area (Å²) in [6.07, 6.45) is 9.23. The maximum absolute atomic E-state index is 12.9. The zero-order valence-electron chi connectivity index (χ0n) is 21.3. The van der Waals surface area contributed by atoms with Gasteiger partial charge >= 0.3 is 0 Å². The van der Waals surface area contributed by atoms with Gasteiger partial charge in [0.05, 0.1) is 32.5 Å². The maximum Gasteiger partial charge on any atom is 0.180 e. The van der Waals surface area contributed by atoms with Gasteiger partial charge in [0.1, 0.15) is 11.5 Å². The van der Waals surface area contributed by atoms with Crippen LogP contribution in [0.1, 0.15) is 23.2 Å². The molecular formula is C27H26B2FN7O. The number of carbonyl (C=O) groups excluding carboxylic acids is 1. The van der Waals surface area contributed by atoms with Crippen LogP contribution in [0, 0.1) is 5.82 Å². The van der Waals surface area contributed by atoms with Gasteiger partial charge in [-0.3, -0.25) is 9.48 Å². The van der Waals surface area contributed by atoms with E-state index in [4.69, 9.17) is 15.7 Å². The van der Waals surface area contributed by atoms with Crippen LogP contribution in [0.5, 0.6) is 0 Å². The van der Waals surface area contributed by atoms with E-state index in [0.717, 1.165) is 36.0 Å². The van der Waals surface area contributed by atoms with E-state index in [1.807, 2.05) is 49.2 Å². The van der Waals surface area contributed by atoms with E-state index in [1.165, 1.54) is 12.1 Å². The minimum Gasteiger partial charge on any atom is -0.321 e. The Morgan fingerprint density at radius 3 is 2.39 bits per heavy atom. The molecule has 0 saturated carbocycles. The van der Waals surface area contributed by atoms with Gasteiger partial charge in [0.15, 0.2) is 12.1 Å². The van der Waals surface area contributed by atoms with Gasteiger partial charge in [-0.2, -0.15) is 10.2 Å². The number of aryl methyl sites for hydroxylation is 1. The fourth-order valence-electron chi connectivity index (χ4n) is 3.73. The summed E-state index contributed by atoms with van der Waals surface area (Å²) in [7, 11) is 15.7. The van der Waals surface area contributed by atoms with Gasteiger partial charge in [0.25, 0.3) is 0 Å². The Morgan fingerprint density at radius 1 is 0.974 bits per heavy atom. The number of carbonyl (C=O) groups is 1. The monoisotopic (exact) mass is 505 g/mol. The molecule has 0 aliphatic carbocycles. The summed E-state index contributed by atoms with van der Waals surface area (Å²) >= 11 is 0. The SMILES string of the molecule is O=Cc1c(-c2ncccn2)nn2ccccc12.[B]C([B])(CCCn1ccc(-c2ccc(F)cc2)n1)N(C)C. The second-order valence-corrected chi connectivity index (χ2v) is 8.94. The lowest BCUT2D eigenvalue weighted by Crippen LogP contribution is -2.45. The van der Waals surface area contributed by atoms with Crippen molar-refractivity contribution in [3.05, 3.63) is 90.8 Å². The highest BCUT2D eigenvalue weighted by Gasteiger charge is 2.18. The van der Waals surface area contributed by atoms with Crippen LogP contribution in [0.15, 0.2) is 79.4 Å². The molecule has 0 aliphatic heterocycles. The smallest absolute Gasteiger partial charge is 0.180 e. The van der Waals surface area contributed by atoms with E-state index >= 15 is 0 Å². The molecule has 0 saturated heterocycles. The van der Waals surface area contributed by atoms with E-state index in [2.05, 4.69) is 20.2 Å². The molecular weight excluding hydrogens is 479 g/mol. The Morgan fingerprint density at radius 2 is 1.71 bits per heavy atom. The molecule has 5 aromatic rings. The maximum atomic E-state index is 12.9. The van der Waals surface area contributed by atoms with Gasteiger partial charge < -0.3 is 4.90 Å². The van der Waals surface area contributed by atoms with Crippen LogP contribution in [-0.4, -0.2) is 75.7 Å². The van der Waals surface area contributed by atoms with E-state index in [-0.39, 0.29) is 5.82 Å². The Bertz CT molecular complexity index is 1480. The summed E-state index contributed by atoms with van der Waals surface area (Å²) < 4.78 is 16.4. The zero-order chi connectivity index (χ0) is 27.1. The van der Waals surface area contributed by atoms with Crippen molar-refractivity contribution in [3.8, 4) is 22.8 Å². The molecule has 0 aliphatic rings. The first-order valence-electron chi connectivity index (χ1n) is 12.0. The van der Waals surface area contributed by atoms with E-state index in [1.54, 1.807) is 46.2 Å². The fraction of sp³-hybridized carbons (Fsp3) is 0.222. The first-order valence-corrected chi connectivity index (χ1v) is 12.0. The lowest BCUT2D eigenvalue weighted by molar-refractivity contribution is 0.112. The highest BCUT2D eigenvalue weighted by Crippen LogP contribution is 2.21. The zero-order valence-corrected chi connectivity index (χ0v) is 21.3. The van der Waals surface area contributed by atoms with E-state index in [0.29, 0.717) is 23.5 Å². The van der Waals surface area contributed by atoms with Crippen LogP contribution in [0.3, 0.4) is 0 Å². The quantitative estimate of drug-likeness (QED) is 0.237. The Balaban J connectivity index is 0.000000180. The van der Waals surface area contributed by atoms with Crippen LogP contribution in [0.4, 0.5) is 4.39 Å². The molecule has 0 N–H and O–H groups in total. The molecule has 5 rings (SSSR count). The number of nitrogens with zero attached hydrogens (tertiary/aromatic N) is 7. The molecule has 0 spiro atoms. The highest BCUT2D eigenvalue weighted by molar-refractivity contribution is 6.39. The third-order valence-electron chi connectivity index (χ3n) is 6.05. The lowest BCUT2D eigenvalue weighted by atomic mass is 9.59. The van der Waals surface area contributed by atoms with Crippen LogP contribution in [0.25, 0.3) is 28.3 Å². The number of hydrogen-bond donors (Lipinski definition) is 0. The summed E-state index contributed by atoms with van der Waals surface area (Å²) in [6.45, 7) is 0.741. The topological polar surface area (TPSA) is 81.2 Å². The number of fused-ring (bicyclic) bond motifs is 1. The largest absolute Gasteiger partial charge is 0.321 e. The average Bonchev–Trinajstić information content (AvgIpc) is 3.54. The Kier molecular flexibility index (Phi) is 8.48. The molecule has 1 aromatic carbocycles. The molecule has 188 valence electrons. The second kappa shape index (κ2) is 12.0. The minimum atomic E-state index is -0.799. The molecule has 38 heavy (non-hydrogen) atoms. The molecule has 0 bridgehead atoms. The van der Waals surface area contributed by atoms with Gasteiger partial charge in [0, 0.05) is 36.9 Å². The van der Waals surface area contributed by atoms with Crippen molar-refractivity contribution in [1.29, 1.82) is 0 Å². The van der Waals surface area contributed by atoms with Crippen LogP contribution in [0.2, 0.25) is 0 Å². The first kappa shape index (κ1) is 26.9. The molecule has 11 heteroatoms. The van der Waals surface area contributed by atoms with Crippen molar-refractivity contribution >= 4 is 27.5 Å². The van der Waals surface area contributed by atoms with Crippen LogP contribution in [-0.2, 0) is 6.54 Å². The molecule has 0 unspecified atom stereocenters. The minimum absolute atomic E-state index is 0.246. The van der Waals surface area contributed by atoms with Crippen molar-refractivity contribution in [2.75, 3.05) is 14.1 Å². The standard InChI is InChI=1S/C15H18B2FN3.C12H8N4O/c1-20(2)15(16,17)9-3-10-21-11-8-14(19-21)12-4-6-13(18)7-5-12;17-8-9-10-4-1-2-7-16(10)15-11(9)12-13-5-3-6-14-12/h4-8,11H,3,9-10H2,1-2H3;1-8H. The third-order valence-corrected chi connectivity index (χ3v) is 6.05. The van der Waals surface area contributed by atoms with Crippen molar-refractivity contribution in [1.82, 2.24) is 34.3 Å². The number of benzene rings is 1. The average molecular weight is 505 g/mol. The van der Waals surface area contributed by atoms with Gasteiger partial charge in [-0.1, -0.05) is 11.4 Å². The van der Waals surface area contributed by atoms with Crippen molar-refractivity contribution in [2.45, 2.75) is 24.7 Å². The van der Waals surface area contributed by atoms with Crippen molar-refractivity contribution in [3.63, 3.8) is 0 Å². The lowest BCUT2D eigenvalue weighted by Gasteiger charge is -2.33. The molecule has 4 heterocycles. The van der Waals surface area contributed by atoms with Crippen molar-refractivity contribution < 1.29 is 9.18 Å². The summed E-state index contributed by atoms with van der Waals surface area (Å²) in [6, 6.07) is 15.5. The number of pyridine rings is 1. The molecule has 0 amide bonds. The van der Waals surface area contributed by atoms with Crippen molar-refractivity contribution in [2.24, 2.45) is 0 Å².